The molecule has 1 atom stereocenters. The van der Waals surface area contributed by atoms with E-state index in [2.05, 4.69) is 96.1 Å². The molecule has 0 aromatic heterocycles. The molecule has 0 amide bonds. The number of nitrogens with zero attached hydrogens (tertiary/aromatic N) is 1. The molecule has 160 valence electrons. The fraction of sp³-hybridized carbons (Fsp3) is 0.400. The summed E-state index contributed by atoms with van der Waals surface area (Å²) in [6.45, 7) is 16.4. The zero-order valence-electron chi connectivity index (χ0n) is 19.2. The van der Waals surface area contributed by atoms with Crippen LogP contribution >= 0.6 is 11.8 Å². The third kappa shape index (κ3) is 4.05. The second kappa shape index (κ2) is 9.26. The third-order valence-electron chi connectivity index (χ3n) is 6.02. The molecule has 3 aliphatic carbocycles. The predicted octanol–water partition coefficient (Wildman–Crippen LogP) is 0.641. The molecule has 1 aliphatic heterocycles. The molecular formula is C25H31Cl2NSZr. The van der Waals surface area contributed by atoms with Crippen molar-refractivity contribution in [2.75, 3.05) is 6.26 Å². The van der Waals surface area contributed by atoms with Gasteiger partial charge in [-0.05, 0) is 0 Å². The van der Waals surface area contributed by atoms with E-state index in [0.717, 1.165) is 0 Å². The van der Waals surface area contributed by atoms with Crippen LogP contribution in [0.25, 0.3) is 0 Å². The average molecular weight is 540 g/mol. The Labute approximate surface area is 206 Å². The standard InChI is InChI=1S/C13H18N.C9H7S.C3H6.2ClH.Zr/c1-9-6-11-8-10(2)14(12(11)7-9)13(3,4)5;1-10-9-6-5-7-3-2-4-8(7)9;1-3-2;;;/h7-8,11H,1-5H3;2-3,5-6H,1H3;1-2H3;2*1H;/q;;;;;+2/p-2. The maximum atomic E-state index is 2.57. The summed E-state index contributed by atoms with van der Waals surface area (Å²) in [5.41, 5.74) is 7.54. The van der Waals surface area contributed by atoms with Gasteiger partial charge in [0.15, 0.2) is 0 Å². The summed E-state index contributed by atoms with van der Waals surface area (Å²) >= 11 is -0.255. The molecule has 1 heterocycles. The number of fused-ring (bicyclic) bond motifs is 2. The SMILES string of the molecule is CSC1=CC=C2C=C[C]([Zr+2]([C]3=C(C)C=C4C3C=C(C)N4C(C)(C)C)=[C](C)C)=C21.[Cl-].[Cl-]. The molecule has 0 bridgehead atoms. The molecule has 0 N–H and O–H groups in total. The first-order valence-corrected chi connectivity index (χ1v) is 15.0. The first kappa shape index (κ1) is 25.9. The number of hydrogen-bond donors (Lipinski definition) is 0. The number of rotatable bonds is 3. The van der Waals surface area contributed by atoms with Crippen molar-refractivity contribution in [1.82, 2.24) is 4.90 Å². The van der Waals surface area contributed by atoms with Gasteiger partial charge in [-0.2, -0.15) is 0 Å². The van der Waals surface area contributed by atoms with Gasteiger partial charge in [-0.1, -0.05) is 0 Å². The molecule has 5 heteroatoms. The molecule has 1 unspecified atom stereocenters. The van der Waals surface area contributed by atoms with Gasteiger partial charge in [-0.3, -0.25) is 0 Å². The minimum atomic E-state index is -2.15. The van der Waals surface area contributed by atoms with Crippen LogP contribution in [0.4, 0.5) is 0 Å². The van der Waals surface area contributed by atoms with Crippen LogP contribution in [-0.4, -0.2) is 19.9 Å². The van der Waals surface area contributed by atoms with Crippen LogP contribution in [0.3, 0.4) is 0 Å². The summed E-state index contributed by atoms with van der Waals surface area (Å²) in [4.78, 5) is 4.02. The van der Waals surface area contributed by atoms with E-state index in [-0.39, 0.29) is 30.4 Å². The first-order valence-electron chi connectivity index (χ1n) is 10.1. The van der Waals surface area contributed by atoms with Crippen LogP contribution in [0.1, 0.15) is 48.5 Å². The predicted molar refractivity (Wildman–Crippen MR) is 122 cm³/mol. The van der Waals surface area contributed by atoms with Crippen molar-refractivity contribution in [2.24, 2.45) is 5.92 Å². The largest absolute Gasteiger partial charge is 1.00 e. The number of hydrogen-bond acceptors (Lipinski definition) is 2. The zero-order chi connectivity index (χ0) is 20.4. The van der Waals surface area contributed by atoms with Gasteiger partial charge in [-0.25, -0.2) is 0 Å². The molecule has 0 radical (unpaired) electrons. The average Bonchev–Trinajstić information content (AvgIpc) is 3.29. The molecule has 0 aromatic rings. The van der Waals surface area contributed by atoms with Crippen LogP contribution in [0.5, 0.6) is 0 Å². The Morgan fingerprint density at radius 2 is 1.73 bits per heavy atom. The van der Waals surface area contributed by atoms with Crippen molar-refractivity contribution in [2.45, 2.75) is 54.0 Å². The minimum Gasteiger partial charge on any atom is -1.00 e. The van der Waals surface area contributed by atoms with Gasteiger partial charge in [0, 0.05) is 0 Å². The molecule has 4 rings (SSSR count). The Morgan fingerprint density at radius 1 is 1.07 bits per heavy atom. The van der Waals surface area contributed by atoms with Crippen LogP contribution in [0.2, 0.25) is 0 Å². The van der Waals surface area contributed by atoms with Crippen LogP contribution < -0.4 is 24.8 Å². The van der Waals surface area contributed by atoms with Gasteiger partial charge in [0.1, 0.15) is 0 Å². The summed E-state index contributed by atoms with van der Waals surface area (Å²) < 4.78 is 5.12. The molecule has 4 aliphatic rings. The maximum absolute atomic E-state index is 2.57. The van der Waals surface area contributed by atoms with E-state index in [0.29, 0.717) is 5.92 Å². The Kier molecular flexibility index (Phi) is 8.00. The molecule has 0 aromatic carbocycles. The quantitative estimate of drug-likeness (QED) is 0.518. The van der Waals surface area contributed by atoms with Crippen molar-refractivity contribution in [3.63, 3.8) is 0 Å². The van der Waals surface area contributed by atoms with Crippen LogP contribution in [-0.2, 0) is 21.3 Å². The van der Waals surface area contributed by atoms with Gasteiger partial charge < -0.3 is 24.8 Å². The molecule has 0 fully saturated rings. The summed E-state index contributed by atoms with van der Waals surface area (Å²) in [5, 5.41) is 0. The van der Waals surface area contributed by atoms with Crippen LogP contribution in [0, 0.1) is 5.92 Å². The molecule has 0 saturated carbocycles. The monoisotopic (exact) mass is 537 g/mol. The molecule has 0 spiro atoms. The van der Waals surface area contributed by atoms with Crippen molar-refractivity contribution in [1.29, 1.82) is 0 Å². The number of allylic oxidation sites excluding steroid dienone is 11. The topological polar surface area (TPSA) is 3.24 Å². The van der Waals surface area contributed by atoms with E-state index in [9.17, 15) is 0 Å². The Bertz CT molecular complexity index is 1020. The van der Waals surface area contributed by atoms with Gasteiger partial charge in [-0.15, -0.1) is 0 Å². The number of thioether (sulfide) groups is 1. The Hall–Kier alpha value is -0.337. The van der Waals surface area contributed by atoms with E-state index in [1.165, 1.54) is 27.4 Å². The van der Waals surface area contributed by atoms with Gasteiger partial charge in [0.25, 0.3) is 0 Å². The van der Waals surface area contributed by atoms with Crippen molar-refractivity contribution < 1.29 is 46.1 Å². The van der Waals surface area contributed by atoms with Crippen molar-refractivity contribution in [3.8, 4) is 0 Å². The Balaban J connectivity index is 0.00000160. The maximum Gasteiger partial charge on any atom is -1.00 e. The molecule has 0 saturated heterocycles. The van der Waals surface area contributed by atoms with E-state index in [4.69, 9.17) is 0 Å². The summed E-state index contributed by atoms with van der Waals surface area (Å²) in [6, 6.07) is 0. The summed E-state index contributed by atoms with van der Waals surface area (Å²) in [7, 11) is 0. The van der Waals surface area contributed by atoms with E-state index in [1.807, 2.05) is 11.8 Å². The van der Waals surface area contributed by atoms with Crippen molar-refractivity contribution >= 4 is 15.0 Å². The first-order chi connectivity index (χ1) is 13.1. The molecule has 1 nitrogen and oxygen atoms in total. The second-order valence-corrected chi connectivity index (χ2v) is 17.1. The van der Waals surface area contributed by atoms with E-state index < -0.39 is 21.3 Å². The molecular weight excluding hydrogens is 508 g/mol. The summed E-state index contributed by atoms with van der Waals surface area (Å²) in [5.74, 6) is 0.487. The van der Waals surface area contributed by atoms with E-state index in [1.54, 1.807) is 15.3 Å². The fourth-order valence-electron chi connectivity index (χ4n) is 5.16. The van der Waals surface area contributed by atoms with Gasteiger partial charge >= 0.3 is 183 Å². The minimum absolute atomic E-state index is 0. The van der Waals surface area contributed by atoms with Crippen molar-refractivity contribution in [3.05, 3.63) is 76.0 Å². The third-order valence-corrected chi connectivity index (χ3v) is 14.7. The van der Waals surface area contributed by atoms with E-state index >= 15 is 0 Å². The molecule has 30 heavy (non-hydrogen) atoms. The van der Waals surface area contributed by atoms with Crippen LogP contribution in [0.15, 0.2) is 76.0 Å². The second-order valence-electron chi connectivity index (χ2n) is 9.31. The Morgan fingerprint density at radius 3 is 2.30 bits per heavy atom. The normalized spacial score (nSPS) is 21.3. The zero-order valence-corrected chi connectivity index (χ0v) is 23.9. The van der Waals surface area contributed by atoms with Gasteiger partial charge in [0.2, 0.25) is 0 Å². The van der Waals surface area contributed by atoms with Gasteiger partial charge in [0.05, 0.1) is 0 Å². The fourth-order valence-corrected chi connectivity index (χ4v) is 13.8. The smallest absolute Gasteiger partial charge is 1.00 e. The number of halogens is 2. The summed E-state index contributed by atoms with van der Waals surface area (Å²) in [6.07, 6.45) is 16.7.